The number of carboxylic acids is 1. The van der Waals surface area contributed by atoms with Gasteiger partial charge in [-0.05, 0) is 0 Å². The van der Waals surface area contributed by atoms with E-state index in [1.807, 2.05) is 0 Å². The Morgan fingerprint density at radius 1 is 1.31 bits per heavy atom. The first-order chi connectivity index (χ1) is 6.18. The third-order valence-corrected chi connectivity index (χ3v) is 1.72. The number of carboxylic acid groups (broad SMARTS) is 1. The largest absolute Gasteiger partial charge is 0.507 e. The van der Waals surface area contributed by atoms with Gasteiger partial charge in [-0.25, -0.2) is 4.79 Å². The molecule has 13 heavy (non-hydrogen) atoms. The molecule has 0 fully saturated rings. The van der Waals surface area contributed by atoms with E-state index in [-0.39, 0.29) is 18.1 Å². The van der Waals surface area contributed by atoms with Crippen molar-refractivity contribution in [2.24, 2.45) is 0 Å². The minimum absolute atomic E-state index is 0.0534. The molecule has 2 rings (SSSR count). The summed E-state index contributed by atoms with van der Waals surface area (Å²) >= 11 is 0. The molecule has 68 valence electrons. The first-order valence-corrected chi connectivity index (χ1v) is 3.54. The van der Waals surface area contributed by atoms with Gasteiger partial charge in [0.25, 0.3) is 0 Å². The van der Waals surface area contributed by atoms with E-state index in [0.29, 0.717) is 11.5 Å². The lowest BCUT2D eigenvalue weighted by Crippen LogP contribution is -1.96. The Bertz CT molecular complexity index is 371. The molecule has 0 atom stereocenters. The molecule has 0 spiro atoms. The fourth-order valence-corrected chi connectivity index (χ4v) is 1.10. The summed E-state index contributed by atoms with van der Waals surface area (Å²) in [6.07, 6.45) is 0. The topological polar surface area (TPSA) is 76.0 Å². The smallest absolute Gasteiger partial charge is 0.339 e. The highest BCUT2D eigenvalue weighted by Crippen LogP contribution is 2.37. The Hall–Kier alpha value is -1.91. The minimum atomic E-state index is -1.20. The molecule has 0 saturated carbocycles. The summed E-state index contributed by atoms with van der Waals surface area (Å²) in [5, 5.41) is 17.9. The molecule has 0 aliphatic carbocycles. The molecule has 2 N–H and O–H groups in total. The summed E-state index contributed by atoms with van der Waals surface area (Å²) in [7, 11) is 0. The number of benzene rings is 1. The summed E-state index contributed by atoms with van der Waals surface area (Å²) in [6, 6.07) is 2.46. The van der Waals surface area contributed by atoms with E-state index in [0.717, 1.165) is 0 Å². The first-order valence-electron chi connectivity index (χ1n) is 3.54. The van der Waals surface area contributed by atoms with Crippen LogP contribution in [0.3, 0.4) is 0 Å². The fraction of sp³-hybridized carbons (Fsp3) is 0.125. The number of carbonyl (C=O) groups is 1. The van der Waals surface area contributed by atoms with Gasteiger partial charge in [0, 0.05) is 12.1 Å². The zero-order chi connectivity index (χ0) is 9.42. The van der Waals surface area contributed by atoms with Crippen LogP contribution in [-0.2, 0) is 0 Å². The number of hydrogen-bond acceptors (Lipinski definition) is 4. The van der Waals surface area contributed by atoms with Crippen molar-refractivity contribution >= 4 is 5.97 Å². The second-order valence-electron chi connectivity index (χ2n) is 2.53. The van der Waals surface area contributed by atoms with Crippen LogP contribution in [-0.4, -0.2) is 23.0 Å². The van der Waals surface area contributed by atoms with Gasteiger partial charge in [0.05, 0.1) is 0 Å². The van der Waals surface area contributed by atoms with E-state index in [4.69, 9.17) is 14.6 Å². The van der Waals surface area contributed by atoms with E-state index in [2.05, 4.69) is 0 Å². The van der Waals surface area contributed by atoms with Crippen LogP contribution in [0.25, 0.3) is 0 Å². The quantitative estimate of drug-likeness (QED) is 0.672. The average Bonchev–Trinajstić information content (AvgIpc) is 2.48. The van der Waals surface area contributed by atoms with Gasteiger partial charge in [-0.1, -0.05) is 0 Å². The molecule has 5 nitrogen and oxygen atoms in total. The van der Waals surface area contributed by atoms with Crippen LogP contribution in [0.1, 0.15) is 10.4 Å². The van der Waals surface area contributed by atoms with Crippen molar-refractivity contribution in [1.29, 1.82) is 0 Å². The molecule has 1 heterocycles. The van der Waals surface area contributed by atoms with E-state index in [1.54, 1.807) is 0 Å². The number of hydrogen-bond donors (Lipinski definition) is 2. The lowest BCUT2D eigenvalue weighted by atomic mass is 10.2. The van der Waals surface area contributed by atoms with Crippen molar-refractivity contribution in [2.45, 2.75) is 0 Å². The number of ether oxygens (including phenoxy) is 2. The monoisotopic (exact) mass is 182 g/mol. The minimum Gasteiger partial charge on any atom is -0.507 e. The maximum atomic E-state index is 10.6. The standard InChI is InChI=1S/C8H6O5/c9-5-2-7-6(12-3-13-7)1-4(5)8(10)11/h1-2,9H,3H2,(H,10,11). The molecule has 0 unspecified atom stereocenters. The Labute approximate surface area is 73.1 Å². The molecule has 1 aromatic rings. The first kappa shape index (κ1) is 7.72. The van der Waals surface area contributed by atoms with Crippen LogP contribution < -0.4 is 9.47 Å². The van der Waals surface area contributed by atoms with Gasteiger partial charge >= 0.3 is 5.97 Å². The van der Waals surface area contributed by atoms with Crippen molar-refractivity contribution in [1.82, 2.24) is 0 Å². The predicted molar refractivity (Wildman–Crippen MR) is 41.2 cm³/mol. The SMILES string of the molecule is O=C(O)c1cc2c(cc1O)OCO2. The Morgan fingerprint density at radius 3 is 2.54 bits per heavy atom. The Balaban J connectivity index is 2.55. The second kappa shape index (κ2) is 2.55. The Kier molecular flexibility index (Phi) is 1.51. The molecule has 0 amide bonds. The summed E-state index contributed by atoms with van der Waals surface area (Å²) < 4.78 is 9.89. The van der Waals surface area contributed by atoms with Crippen molar-refractivity contribution in [3.05, 3.63) is 17.7 Å². The van der Waals surface area contributed by atoms with Gasteiger partial charge in [-0.2, -0.15) is 0 Å². The third-order valence-electron chi connectivity index (χ3n) is 1.72. The van der Waals surface area contributed by atoms with E-state index in [1.165, 1.54) is 12.1 Å². The van der Waals surface area contributed by atoms with Gasteiger partial charge in [-0.3, -0.25) is 0 Å². The molecular weight excluding hydrogens is 176 g/mol. The summed E-state index contributed by atoms with van der Waals surface area (Å²) in [4.78, 5) is 10.6. The molecule has 0 saturated heterocycles. The second-order valence-corrected chi connectivity index (χ2v) is 2.53. The maximum absolute atomic E-state index is 10.6. The average molecular weight is 182 g/mol. The zero-order valence-electron chi connectivity index (χ0n) is 6.48. The van der Waals surface area contributed by atoms with Crippen LogP contribution in [0.2, 0.25) is 0 Å². The third kappa shape index (κ3) is 1.14. The molecule has 5 heteroatoms. The molecule has 0 radical (unpaired) electrons. The van der Waals surface area contributed by atoms with Crippen LogP contribution in [0.4, 0.5) is 0 Å². The maximum Gasteiger partial charge on any atom is 0.339 e. The van der Waals surface area contributed by atoms with Crippen LogP contribution >= 0.6 is 0 Å². The molecule has 1 aromatic carbocycles. The van der Waals surface area contributed by atoms with Gasteiger partial charge in [-0.15, -0.1) is 0 Å². The number of rotatable bonds is 1. The molecular formula is C8H6O5. The van der Waals surface area contributed by atoms with Crippen LogP contribution in [0, 0.1) is 0 Å². The number of aromatic hydroxyl groups is 1. The zero-order valence-corrected chi connectivity index (χ0v) is 6.48. The fourth-order valence-electron chi connectivity index (χ4n) is 1.10. The van der Waals surface area contributed by atoms with E-state index < -0.39 is 5.97 Å². The van der Waals surface area contributed by atoms with Gasteiger partial charge in [0.1, 0.15) is 11.3 Å². The normalized spacial score (nSPS) is 12.9. The summed E-state index contributed by atoms with van der Waals surface area (Å²) in [6.45, 7) is 0.0534. The molecule has 1 aliphatic heterocycles. The molecule has 0 aromatic heterocycles. The predicted octanol–water partition coefficient (Wildman–Crippen LogP) is 0.819. The van der Waals surface area contributed by atoms with Crippen molar-refractivity contribution in [3.8, 4) is 17.2 Å². The van der Waals surface area contributed by atoms with E-state index >= 15 is 0 Å². The van der Waals surface area contributed by atoms with Gasteiger partial charge < -0.3 is 19.7 Å². The van der Waals surface area contributed by atoms with E-state index in [9.17, 15) is 9.90 Å². The van der Waals surface area contributed by atoms with Gasteiger partial charge in [0.15, 0.2) is 11.5 Å². The molecule has 0 bridgehead atoms. The van der Waals surface area contributed by atoms with Crippen molar-refractivity contribution in [3.63, 3.8) is 0 Å². The van der Waals surface area contributed by atoms with Crippen molar-refractivity contribution in [2.75, 3.05) is 6.79 Å². The summed E-state index contributed by atoms with van der Waals surface area (Å²) in [5.74, 6) is -0.815. The number of fused-ring (bicyclic) bond motifs is 1. The van der Waals surface area contributed by atoms with Crippen molar-refractivity contribution < 1.29 is 24.5 Å². The highest BCUT2D eigenvalue weighted by atomic mass is 16.7. The van der Waals surface area contributed by atoms with Crippen LogP contribution in [0.15, 0.2) is 12.1 Å². The summed E-state index contributed by atoms with van der Waals surface area (Å²) in [5.41, 5.74) is -0.191. The number of phenols is 1. The van der Waals surface area contributed by atoms with Gasteiger partial charge in [0.2, 0.25) is 6.79 Å². The highest BCUT2D eigenvalue weighted by molar-refractivity contribution is 5.91. The lowest BCUT2D eigenvalue weighted by Gasteiger charge is -2.00. The number of aromatic carboxylic acids is 1. The Morgan fingerprint density at radius 2 is 1.92 bits per heavy atom. The molecule has 1 aliphatic rings. The lowest BCUT2D eigenvalue weighted by molar-refractivity contribution is 0.0693. The highest BCUT2D eigenvalue weighted by Gasteiger charge is 2.19. The van der Waals surface area contributed by atoms with Crippen LogP contribution in [0.5, 0.6) is 17.2 Å².